The lowest BCUT2D eigenvalue weighted by Crippen LogP contribution is -2.15. The molecule has 1 heterocycles. The Morgan fingerprint density at radius 3 is 2.62 bits per heavy atom. The molecule has 0 aliphatic heterocycles. The molecule has 1 aromatic heterocycles. The van der Waals surface area contributed by atoms with Crippen LogP contribution in [0.25, 0.3) is 11.0 Å². The summed E-state index contributed by atoms with van der Waals surface area (Å²) in [7, 11) is -3.79. The number of nitrogens with two attached hydrogens (primary N) is 1. The number of fused-ring (bicyclic) bond motifs is 1. The van der Waals surface area contributed by atoms with Gasteiger partial charge in [0.15, 0.2) is 0 Å². The minimum absolute atomic E-state index is 0.00185. The zero-order chi connectivity index (χ0) is 18.7. The van der Waals surface area contributed by atoms with Crippen LogP contribution >= 0.6 is 11.6 Å². The molecule has 2 aromatic carbocycles. The smallest absolute Gasteiger partial charge is 0.297 e. The van der Waals surface area contributed by atoms with Crippen LogP contribution in [0.5, 0.6) is 0 Å². The van der Waals surface area contributed by atoms with Gasteiger partial charge in [0.05, 0.1) is 22.5 Å². The molecule has 2 N–H and O–H groups in total. The van der Waals surface area contributed by atoms with E-state index < -0.39 is 10.1 Å². The van der Waals surface area contributed by atoms with Crippen molar-refractivity contribution in [3.63, 3.8) is 0 Å². The molecule has 0 unspecified atom stereocenters. The number of benzene rings is 2. The van der Waals surface area contributed by atoms with Crippen LogP contribution in [0.2, 0.25) is 5.02 Å². The normalized spacial score (nSPS) is 12.0. The van der Waals surface area contributed by atoms with Crippen LogP contribution in [0.3, 0.4) is 0 Å². The Morgan fingerprint density at radius 2 is 1.92 bits per heavy atom. The van der Waals surface area contributed by atoms with Crippen molar-refractivity contribution < 1.29 is 12.6 Å². The molecule has 3 aromatic rings. The van der Waals surface area contributed by atoms with Gasteiger partial charge in [0, 0.05) is 18.0 Å². The topological polar surface area (TPSA) is 87.2 Å². The summed E-state index contributed by atoms with van der Waals surface area (Å²) in [5.41, 5.74) is 8.27. The first kappa shape index (κ1) is 18.8. The van der Waals surface area contributed by atoms with Crippen LogP contribution in [0, 0.1) is 6.92 Å². The average Bonchev–Trinajstić information content (AvgIpc) is 2.92. The molecule has 0 saturated carbocycles. The molecule has 0 amide bonds. The van der Waals surface area contributed by atoms with E-state index in [0.717, 1.165) is 22.4 Å². The fourth-order valence-corrected chi connectivity index (χ4v) is 3.80. The van der Waals surface area contributed by atoms with Gasteiger partial charge in [-0.05, 0) is 43.8 Å². The third-order valence-corrected chi connectivity index (χ3v) is 5.58. The largest absolute Gasteiger partial charge is 0.330 e. The molecule has 26 heavy (non-hydrogen) atoms. The van der Waals surface area contributed by atoms with Crippen molar-refractivity contribution in [2.24, 2.45) is 5.73 Å². The van der Waals surface area contributed by atoms with Gasteiger partial charge < -0.3 is 10.3 Å². The number of rotatable bonds is 7. The van der Waals surface area contributed by atoms with Gasteiger partial charge in [-0.3, -0.25) is 4.18 Å². The average molecular weight is 394 g/mol. The maximum absolute atomic E-state index is 12.3. The molecule has 0 radical (unpaired) electrons. The Hall–Kier alpha value is -1.93. The lowest BCUT2D eigenvalue weighted by molar-refractivity contribution is 0.300. The quantitative estimate of drug-likeness (QED) is 0.623. The predicted octanol–water partition coefficient (Wildman–Crippen LogP) is 2.90. The zero-order valence-electron chi connectivity index (χ0n) is 14.4. The van der Waals surface area contributed by atoms with E-state index in [4.69, 9.17) is 21.5 Å². The lowest BCUT2D eigenvalue weighted by Gasteiger charge is -2.10. The van der Waals surface area contributed by atoms with Crippen molar-refractivity contribution in [2.45, 2.75) is 24.8 Å². The molecular formula is C18H20ClN3O3S. The molecule has 8 heteroatoms. The summed E-state index contributed by atoms with van der Waals surface area (Å²) in [6.45, 7) is 2.69. The Kier molecular flexibility index (Phi) is 5.62. The summed E-state index contributed by atoms with van der Waals surface area (Å²) in [6.07, 6.45) is 0.580. The summed E-state index contributed by atoms with van der Waals surface area (Å²) in [5, 5.41) is 0.597. The van der Waals surface area contributed by atoms with E-state index in [1.54, 1.807) is 36.4 Å². The number of hydrogen-bond acceptors (Lipinski definition) is 5. The molecule has 0 aliphatic rings. The van der Waals surface area contributed by atoms with E-state index in [2.05, 4.69) is 4.98 Å². The zero-order valence-corrected chi connectivity index (χ0v) is 15.9. The summed E-state index contributed by atoms with van der Waals surface area (Å²) in [6, 6.07) is 12.0. The Balaban J connectivity index is 1.78. The molecule has 0 atom stereocenters. The van der Waals surface area contributed by atoms with Gasteiger partial charge in [-0.2, -0.15) is 8.42 Å². The maximum Gasteiger partial charge on any atom is 0.297 e. The second kappa shape index (κ2) is 7.75. The fraction of sp³-hybridized carbons (Fsp3) is 0.278. The molecule has 0 saturated heterocycles. The van der Waals surface area contributed by atoms with Crippen LogP contribution in [0.1, 0.15) is 11.4 Å². The molecule has 3 rings (SSSR count). The van der Waals surface area contributed by atoms with Crippen molar-refractivity contribution in [2.75, 3.05) is 13.2 Å². The van der Waals surface area contributed by atoms with E-state index in [1.165, 1.54) is 0 Å². The third kappa shape index (κ3) is 4.07. The first-order chi connectivity index (χ1) is 12.4. The minimum atomic E-state index is -3.79. The maximum atomic E-state index is 12.3. The Bertz CT molecular complexity index is 1010. The Labute approximate surface area is 157 Å². The van der Waals surface area contributed by atoms with Crippen molar-refractivity contribution in [1.82, 2.24) is 9.55 Å². The van der Waals surface area contributed by atoms with Gasteiger partial charge in [0.1, 0.15) is 5.82 Å². The van der Waals surface area contributed by atoms with Gasteiger partial charge in [-0.25, -0.2) is 4.98 Å². The highest BCUT2D eigenvalue weighted by Crippen LogP contribution is 2.21. The van der Waals surface area contributed by atoms with Gasteiger partial charge in [-0.1, -0.05) is 29.3 Å². The van der Waals surface area contributed by atoms with Crippen LogP contribution in [0.15, 0.2) is 47.4 Å². The van der Waals surface area contributed by atoms with Crippen LogP contribution in [-0.4, -0.2) is 31.1 Å². The van der Waals surface area contributed by atoms with E-state index in [0.29, 0.717) is 24.5 Å². The van der Waals surface area contributed by atoms with Crippen LogP contribution in [0.4, 0.5) is 0 Å². The highest BCUT2D eigenvalue weighted by Gasteiger charge is 2.16. The molecule has 0 spiro atoms. The Morgan fingerprint density at radius 1 is 1.19 bits per heavy atom. The standard InChI is InChI=1S/C18H20ClN3O3S/c1-13-2-5-15(6-3-13)26(23,24)25-11-10-22-17-7-4-14(19)12-16(17)21-18(22)8-9-20/h2-7,12H,8-11,20H2,1H3. The monoisotopic (exact) mass is 393 g/mol. The van der Waals surface area contributed by atoms with Gasteiger partial charge >= 0.3 is 0 Å². The van der Waals surface area contributed by atoms with Crippen molar-refractivity contribution >= 4 is 32.8 Å². The van der Waals surface area contributed by atoms with E-state index in [9.17, 15) is 8.42 Å². The van der Waals surface area contributed by atoms with Crippen LogP contribution < -0.4 is 5.73 Å². The molecular weight excluding hydrogens is 374 g/mol. The number of halogens is 1. The number of nitrogens with zero attached hydrogens (tertiary/aromatic N) is 2. The van der Waals surface area contributed by atoms with Crippen LogP contribution in [-0.2, 0) is 27.3 Å². The summed E-state index contributed by atoms with van der Waals surface area (Å²) >= 11 is 6.02. The summed E-state index contributed by atoms with van der Waals surface area (Å²) < 4.78 is 31.7. The number of imidazole rings is 1. The number of hydrogen-bond donors (Lipinski definition) is 1. The van der Waals surface area contributed by atoms with Gasteiger partial charge in [0.2, 0.25) is 0 Å². The van der Waals surface area contributed by atoms with Crippen molar-refractivity contribution in [3.05, 3.63) is 58.9 Å². The fourth-order valence-electron chi connectivity index (χ4n) is 2.73. The van der Waals surface area contributed by atoms with E-state index in [-0.39, 0.29) is 11.5 Å². The van der Waals surface area contributed by atoms with Crippen molar-refractivity contribution in [3.8, 4) is 0 Å². The van der Waals surface area contributed by atoms with Crippen molar-refractivity contribution in [1.29, 1.82) is 0 Å². The van der Waals surface area contributed by atoms with Gasteiger partial charge in [0.25, 0.3) is 10.1 Å². The molecule has 6 nitrogen and oxygen atoms in total. The third-order valence-electron chi connectivity index (χ3n) is 4.02. The molecule has 0 bridgehead atoms. The number of aryl methyl sites for hydroxylation is 1. The summed E-state index contributed by atoms with van der Waals surface area (Å²) in [5.74, 6) is 0.779. The SMILES string of the molecule is Cc1ccc(S(=O)(=O)OCCn2c(CCN)nc3cc(Cl)ccc32)cc1. The molecule has 0 fully saturated rings. The lowest BCUT2D eigenvalue weighted by atomic mass is 10.2. The minimum Gasteiger partial charge on any atom is -0.330 e. The second-order valence-electron chi connectivity index (χ2n) is 5.94. The highest BCUT2D eigenvalue weighted by atomic mass is 35.5. The molecule has 0 aliphatic carbocycles. The first-order valence-electron chi connectivity index (χ1n) is 8.21. The van der Waals surface area contributed by atoms with E-state index >= 15 is 0 Å². The number of aromatic nitrogens is 2. The first-order valence-corrected chi connectivity index (χ1v) is 10.00. The summed E-state index contributed by atoms with van der Waals surface area (Å²) in [4.78, 5) is 4.69. The highest BCUT2D eigenvalue weighted by molar-refractivity contribution is 7.86. The predicted molar refractivity (Wildman–Crippen MR) is 102 cm³/mol. The second-order valence-corrected chi connectivity index (χ2v) is 7.99. The molecule has 138 valence electrons. The van der Waals surface area contributed by atoms with Gasteiger partial charge in [-0.15, -0.1) is 0 Å². The van der Waals surface area contributed by atoms with E-state index in [1.807, 2.05) is 17.6 Å².